The van der Waals surface area contributed by atoms with Gasteiger partial charge in [-0.25, -0.2) is 0 Å². The van der Waals surface area contributed by atoms with Gasteiger partial charge in [0.1, 0.15) is 5.60 Å². The maximum atomic E-state index is 12.1. The highest BCUT2D eigenvalue weighted by molar-refractivity contribution is 8.01. The zero-order valence-corrected chi connectivity index (χ0v) is 12.8. The first-order valence-electron chi connectivity index (χ1n) is 6.77. The first kappa shape index (κ1) is 14.7. The van der Waals surface area contributed by atoms with E-state index in [1.165, 1.54) is 26.7 Å². The van der Waals surface area contributed by atoms with E-state index in [0.717, 1.165) is 6.42 Å². The molecule has 0 aromatic heterocycles. The van der Waals surface area contributed by atoms with Gasteiger partial charge in [-0.15, -0.1) is 0 Å². The van der Waals surface area contributed by atoms with Crippen molar-refractivity contribution in [2.24, 2.45) is 11.3 Å². The molecule has 1 N–H and O–H groups in total. The highest BCUT2D eigenvalue weighted by atomic mass is 32.2. The average molecular weight is 286 g/mol. The van der Waals surface area contributed by atoms with E-state index in [1.54, 1.807) is 0 Å². The van der Waals surface area contributed by atoms with Gasteiger partial charge in [-0.2, -0.15) is 11.8 Å². The number of rotatable bonds is 4. The van der Waals surface area contributed by atoms with Crippen LogP contribution in [0.3, 0.4) is 0 Å². The lowest BCUT2D eigenvalue weighted by Gasteiger charge is -2.37. The SMILES string of the molecule is CC(C)(C(=O)O)C(=O)OC(C)(C)C1CC2CCC1S2. The van der Waals surface area contributed by atoms with Crippen LogP contribution in [0.2, 0.25) is 0 Å². The molecule has 19 heavy (non-hydrogen) atoms. The van der Waals surface area contributed by atoms with Crippen LogP contribution in [0.15, 0.2) is 0 Å². The smallest absolute Gasteiger partial charge is 0.323 e. The number of carboxylic acids is 1. The van der Waals surface area contributed by atoms with Crippen molar-refractivity contribution in [1.82, 2.24) is 0 Å². The number of thioether (sulfide) groups is 1. The zero-order chi connectivity index (χ0) is 14.4. The predicted molar refractivity (Wildman–Crippen MR) is 74.1 cm³/mol. The standard InChI is InChI=1S/C14H22O4S/c1-13(2,11(15)16)12(17)18-14(3,4)9-7-8-5-6-10(9)19-8/h8-10H,5-7H2,1-4H3,(H,15,16). The van der Waals surface area contributed by atoms with Gasteiger partial charge in [0.25, 0.3) is 0 Å². The number of fused-ring (bicyclic) bond motifs is 2. The van der Waals surface area contributed by atoms with Crippen LogP contribution in [0.25, 0.3) is 0 Å². The van der Waals surface area contributed by atoms with E-state index in [9.17, 15) is 9.59 Å². The molecule has 2 aliphatic heterocycles. The van der Waals surface area contributed by atoms with E-state index in [-0.39, 0.29) is 0 Å². The van der Waals surface area contributed by atoms with Gasteiger partial charge >= 0.3 is 11.9 Å². The highest BCUT2D eigenvalue weighted by Gasteiger charge is 2.50. The van der Waals surface area contributed by atoms with Crippen molar-refractivity contribution in [3.8, 4) is 0 Å². The Morgan fingerprint density at radius 3 is 2.26 bits per heavy atom. The van der Waals surface area contributed by atoms with Crippen molar-refractivity contribution >= 4 is 23.7 Å². The number of carbonyl (C=O) groups excluding carboxylic acids is 1. The molecular formula is C14H22O4S. The summed E-state index contributed by atoms with van der Waals surface area (Å²) in [6, 6.07) is 0. The van der Waals surface area contributed by atoms with E-state index in [1.807, 2.05) is 25.6 Å². The number of hydrogen-bond donors (Lipinski definition) is 1. The molecule has 2 heterocycles. The number of esters is 1. The normalized spacial score (nSPS) is 30.4. The summed E-state index contributed by atoms with van der Waals surface area (Å²) < 4.78 is 5.57. The maximum absolute atomic E-state index is 12.1. The van der Waals surface area contributed by atoms with Gasteiger partial charge in [-0.3, -0.25) is 9.59 Å². The Labute approximate surface area is 118 Å². The highest BCUT2D eigenvalue weighted by Crippen LogP contribution is 2.53. The molecule has 0 amide bonds. The molecule has 0 radical (unpaired) electrons. The zero-order valence-electron chi connectivity index (χ0n) is 11.9. The summed E-state index contributed by atoms with van der Waals surface area (Å²) in [5.74, 6) is -1.45. The summed E-state index contributed by atoms with van der Waals surface area (Å²) in [6.07, 6.45) is 3.52. The lowest BCUT2D eigenvalue weighted by Crippen LogP contribution is -2.46. The van der Waals surface area contributed by atoms with Crippen LogP contribution in [0.1, 0.15) is 47.0 Å². The Balaban J connectivity index is 2.05. The molecule has 108 valence electrons. The Morgan fingerprint density at radius 2 is 1.84 bits per heavy atom. The summed E-state index contributed by atoms with van der Waals surface area (Å²) in [4.78, 5) is 23.2. The van der Waals surface area contributed by atoms with Gasteiger partial charge in [0.2, 0.25) is 0 Å². The molecule has 0 spiro atoms. The molecule has 4 nitrogen and oxygen atoms in total. The molecular weight excluding hydrogens is 264 g/mol. The summed E-state index contributed by atoms with van der Waals surface area (Å²) in [7, 11) is 0. The number of ether oxygens (including phenoxy) is 1. The fourth-order valence-electron chi connectivity index (χ4n) is 2.90. The fraction of sp³-hybridized carbons (Fsp3) is 0.857. The fourth-order valence-corrected chi connectivity index (χ4v) is 4.88. The van der Waals surface area contributed by atoms with Crippen molar-refractivity contribution < 1.29 is 19.4 Å². The third-order valence-electron chi connectivity index (χ3n) is 4.40. The molecule has 5 heteroatoms. The Bertz CT molecular complexity index is 402. The van der Waals surface area contributed by atoms with Crippen molar-refractivity contribution in [3.63, 3.8) is 0 Å². The van der Waals surface area contributed by atoms with E-state index < -0.39 is 23.0 Å². The van der Waals surface area contributed by atoms with Gasteiger partial charge in [0.05, 0.1) is 0 Å². The average Bonchev–Trinajstić information content (AvgIpc) is 2.89. The van der Waals surface area contributed by atoms with Crippen LogP contribution >= 0.6 is 11.8 Å². The Morgan fingerprint density at radius 1 is 1.21 bits per heavy atom. The summed E-state index contributed by atoms with van der Waals surface area (Å²) in [6.45, 7) is 6.61. The molecule has 2 aliphatic rings. The van der Waals surface area contributed by atoms with Crippen LogP contribution < -0.4 is 0 Å². The van der Waals surface area contributed by atoms with Crippen molar-refractivity contribution in [3.05, 3.63) is 0 Å². The minimum Gasteiger partial charge on any atom is -0.480 e. The number of hydrogen-bond acceptors (Lipinski definition) is 4. The molecule has 3 atom stereocenters. The van der Waals surface area contributed by atoms with Crippen LogP contribution in [-0.2, 0) is 14.3 Å². The Hall–Kier alpha value is -0.710. The van der Waals surface area contributed by atoms with Gasteiger partial charge < -0.3 is 9.84 Å². The third kappa shape index (κ3) is 2.62. The Kier molecular flexibility index (Phi) is 3.62. The number of aliphatic carboxylic acids is 1. The topological polar surface area (TPSA) is 63.6 Å². The lowest BCUT2D eigenvalue weighted by atomic mass is 9.78. The predicted octanol–water partition coefficient (Wildman–Crippen LogP) is 2.70. The quantitative estimate of drug-likeness (QED) is 0.636. The van der Waals surface area contributed by atoms with E-state index in [2.05, 4.69) is 0 Å². The number of carboxylic acid groups (broad SMARTS) is 1. The van der Waals surface area contributed by atoms with Gasteiger partial charge in [0, 0.05) is 16.4 Å². The largest absolute Gasteiger partial charge is 0.480 e. The van der Waals surface area contributed by atoms with E-state index in [0.29, 0.717) is 16.4 Å². The molecule has 2 bridgehead atoms. The molecule has 0 aromatic carbocycles. The maximum Gasteiger partial charge on any atom is 0.323 e. The molecule has 2 rings (SSSR count). The first-order chi connectivity index (χ1) is 8.64. The second-order valence-corrected chi connectivity index (χ2v) is 8.18. The molecule has 2 saturated heterocycles. The summed E-state index contributed by atoms with van der Waals surface area (Å²) in [5, 5.41) is 10.3. The van der Waals surface area contributed by atoms with Crippen molar-refractivity contribution in [2.45, 2.75) is 63.1 Å². The second-order valence-electron chi connectivity index (χ2n) is 6.64. The van der Waals surface area contributed by atoms with E-state index >= 15 is 0 Å². The van der Waals surface area contributed by atoms with Crippen molar-refractivity contribution in [2.75, 3.05) is 0 Å². The van der Waals surface area contributed by atoms with Gasteiger partial charge in [-0.1, -0.05) is 0 Å². The lowest BCUT2D eigenvalue weighted by molar-refractivity contribution is -0.179. The van der Waals surface area contributed by atoms with Crippen LogP contribution in [0.4, 0.5) is 0 Å². The molecule has 3 unspecified atom stereocenters. The monoisotopic (exact) mass is 286 g/mol. The van der Waals surface area contributed by atoms with E-state index in [4.69, 9.17) is 9.84 Å². The minimum absolute atomic E-state index is 0.338. The van der Waals surface area contributed by atoms with Crippen molar-refractivity contribution in [1.29, 1.82) is 0 Å². The second kappa shape index (κ2) is 4.69. The van der Waals surface area contributed by atoms with Gasteiger partial charge in [0.15, 0.2) is 5.41 Å². The van der Waals surface area contributed by atoms with Crippen LogP contribution in [-0.4, -0.2) is 33.1 Å². The first-order valence-corrected chi connectivity index (χ1v) is 7.71. The molecule has 0 aliphatic carbocycles. The minimum atomic E-state index is -1.48. The van der Waals surface area contributed by atoms with Crippen LogP contribution in [0, 0.1) is 11.3 Å². The molecule has 2 fully saturated rings. The third-order valence-corrected chi connectivity index (χ3v) is 6.13. The summed E-state index contributed by atoms with van der Waals surface area (Å²) >= 11 is 2.00. The molecule has 0 aromatic rings. The van der Waals surface area contributed by atoms with Crippen LogP contribution in [0.5, 0.6) is 0 Å². The van der Waals surface area contributed by atoms with Gasteiger partial charge in [-0.05, 0) is 47.0 Å². The number of carbonyl (C=O) groups is 2. The summed E-state index contributed by atoms with van der Waals surface area (Å²) in [5.41, 5.74) is -2.07. The molecule has 0 saturated carbocycles.